The number of phenolic OH excluding ortho intramolecular Hbond substituents is 1. The van der Waals surface area contributed by atoms with Crippen LogP contribution in [0, 0.1) is 0 Å². The third-order valence-electron chi connectivity index (χ3n) is 1.77. The van der Waals surface area contributed by atoms with E-state index in [1.54, 1.807) is 18.2 Å². The number of hydrogen-bond donors (Lipinski definition) is 1. The van der Waals surface area contributed by atoms with Gasteiger partial charge in [0.2, 0.25) is 5.90 Å². The highest BCUT2D eigenvalue weighted by Crippen LogP contribution is 2.23. The van der Waals surface area contributed by atoms with Crippen molar-refractivity contribution in [2.75, 3.05) is 13.2 Å². The summed E-state index contributed by atoms with van der Waals surface area (Å²) in [5.41, 5.74) is 0.645. The molecule has 4 heteroatoms. The summed E-state index contributed by atoms with van der Waals surface area (Å²) in [6.45, 7) is 1.27. The molecule has 3 nitrogen and oxygen atoms in total. The van der Waals surface area contributed by atoms with Crippen molar-refractivity contribution in [2.24, 2.45) is 4.99 Å². The number of aromatic hydroxyl groups is 1. The van der Waals surface area contributed by atoms with Crippen molar-refractivity contribution in [3.8, 4) is 5.75 Å². The predicted molar refractivity (Wildman–Crippen MR) is 53.2 cm³/mol. The largest absolute Gasteiger partial charge is 0.507 e. The molecule has 68 valence electrons. The smallest absolute Gasteiger partial charge is 0.220 e. The highest BCUT2D eigenvalue weighted by molar-refractivity contribution is 9.10. The number of aliphatic imine (C=N–C) groups is 1. The van der Waals surface area contributed by atoms with Gasteiger partial charge in [0.1, 0.15) is 12.4 Å². The van der Waals surface area contributed by atoms with Gasteiger partial charge in [-0.05, 0) is 18.2 Å². The normalized spacial score (nSPS) is 15.3. The van der Waals surface area contributed by atoms with E-state index in [0.29, 0.717) is 24.6 Å². The number of nitrogens with zero attached hydrogens (tertiary/aromatic N) is 1. The fourth-order valence-electron chi connectivity index (χ4n) is 1.18. The molecule has 0 amide bonds. The van der Waals surface area contributed by atoms with Gasteiger partial charge in [-0.25, -0.2) is 4.99 Å². The van der Waals surface area contributed by atoms with Crippen LogP contribution >= 0.6 is 15.9 Å². The van der Waals surface area contributed by atoms with Crippen LogP contribution in [0.5, 0.6) is 5.75 Å². The second-order valence-corrected chi connectivity index (χ2v) is 3.61. The number of benzene rings is 1. The minimum absolute atomic E-state index is 0.198. The minimum Gasteiger partial charge on any atom is -0.507 e. The Balaban J connectivity index is 2.43. The van der Waals surface area contributed by atoms with Crippen LogP contribution in [0.15, 0.2) is 27.7 Å². The second kappa shape index (κ2) is 3.38. The fraction of sp³-hybridized carbons (Fsp3) is 0.222. The zero-order valence-corrected chi connectivity index (χ0v) is 8.41. The first-order valence-electron chi connectivity index (χ1n) is 3.93. The molecule has 0 unspecified atom stereocenters. The average molecular weight is 242 g/mol. The van der Waals surface area contributed by atoms with Crippen LogP contribution in [0.1, 0.15) is 5.56 Å². The third-order valence-corrected chi connectivity index (χ3v) is 2.27. The molecule has 0 spiro atoms. The van der Waals surface area contributed by atoms with Gasteiger partial charge in [0.25, 0.3) is 0 Å². The highest BCUT2D eigenvalue weighted by atomic mass is 79.9. The monoisotopic (exact) mass is 241 g/mol. The Hall–Kier alpha value is -1.03. The quantitative estimate of drug-likeness (QED) is 0.817. The lowest BCUT2D eigenvalue weighted by Crippen LogP contribution is -2.01. The molecule has 0 fully saturated rings. The van der Waals surface area contributed by atoms with E-state index in [9.17, 15) is 5.11 Å². The van der Waals surface area contributed by atoms with E-state index in [1.165, 1.54) is 0 Å². The Kier molecular flexibility index (Phi) is 2.22. The van der Waals surface area contributed by atoms with Gasteiger partial charge in [0, 0.05) is 4.47 Å². The summed E-state index contributed by atoms with van der Waals surface area (Å²) in [6, 6.07) is 5.18. The lowest BCUT2D eigenvalue weighted by molar-refractivity contribution is 0.346. The Morgan fingerprint density at radius 1 is 1.46 bits per heavy atom. The van der Waals surface area contributed by atoms with Gasteiger partial charge >= 0.3 is 0 Å². The lowest BCUT2D eigenvalue weighted by Gasteiger charge is -2.04. The third kappa shape index (κ3) is 1.67. The summed E-state index contributed by atoms with van der Waals surface area (Å²) >= 11 is 3.32. The van der Waals surface area contributed by atoms with Crippen molar-refractivity contribution in [3.05, 3.63) is 28.2 Å². The molecule has 0 aliphatic carbocycles. The molecule has 0 saturated carbocycles. The van der Waals surface area contributed by atoms with Crippen molar-refractivity contribution in [1.29, 1.82) is 0 Å². The van der Waals surface area contributed by atoms with E-state index in [1.807, 2.05) is 0 Å². The predicted octanol–water partition coefficient (Wildman–Crippen LogP) is 1.93. The Bertz CT molecular complexity index is 363. The molecule has 2 rings (SSSR count). The zero-order valence-electron chi connectivity index (χ0n) is 6.83. The summed E-state index contributed by atoms with van der Waals surface area (Å²) < 4.78 is 6.15. The number of phenols is 1. The number of rotatable bonds is 1. The van der Waals surface area contributed by atoms with Crippen LogP contribution in [-0.2, 0) is 4.74 Å². The number of halogens is 1. The van der Waals surface area contributed by atoms with Crippen LogP contribution in [0.3, 0.4) is 0 Å². The van der Waals surface area contributed by atoms with E-state index in [-0.39, 0.29) is 5.75 Å². The SMILES string of the molecule is Oc1ccc(Br)cc1C1=NCCO1. The van der Waals surface area contributed by atoms with Crippen molar-refractivity contribution < 1.29 is 9.84 Å². The molecule has 1 heterocycles. The van der Waals surface area contributed by atoms with Gasteiger partial charge in [0.15, 0.2) is 0 Å². The van der Waals surface area contributed by atoms with Gasteiger partial charge in [-0.3, -0.25) is 0 Å². The van der Waals surface area contributed by atoms with Crippen LogP contribution in [-0.4, -0.2) is 24.2 Å². The van der Waals surface area contributed by atoms with Crippen LogP contribution in [0.4, 0.5) is 0 Å². The second-order valence-electron chi connectivity index (χ2n) is 2.70. The van der Waals surface area contributed by atoms with Gasteiger partial charge in [-0.15, -0.1) is 0 Å². The zero-order chi connectivity index (χ0) is 9.26. The van der Waals surface area contributed by atoms with E-state index < -0.39 is 0 Å². The van der Waals surface area contributed by atoms with Gasteiger partial charge in [0.05, 0.1) is 12.1 Å². The Labute approximate surface area is 84.2 Å². The maximum atomic E-state index is 9.51. The maximum Gasteiger partial charge on any atom is 0.220 e. The van der Waals surface area contributed by atoms with Crippen LogP contribution in [0.25, 0.3) is 0 Å². The first-order chi connectivity index (χ1) is 6.27. The molecule has 1 N–H and O–H groups in total. The van der Waals surface area contributed by atoms with E-state index >= 15 is 0 Å². The van der Waals surface area contributed by atoms with Crippen LogP contribution in [0.2, 0.25) is 0 Å². The molecule has 1 aliphatic rings. The number of ether oxygens (including phenoxy) is 1. The van der Waals surface area contributed by atoms with E-state index in [2.05, 4.69) is 20.9 Å². The molecule has 0 aromatic heterocycles. The lowest BCUT2D eigenvalue weighted by atomic mass is 10.2. The highest BCUT2D eigenvalue weighted by Gasteiger charge is 2.14. The van der Waals surface area contributed by atoms with Gasteiger partial charge < -0.3 is 9.84 Å². The van der Waals surface area contributed by atoms with Crippen molar-refractivity contribution in [2.45, 2.75) is 0 Å². The molecule has 0 radical (unpaired) electrons. The number of hydrogen-bond acceptors (Lipinski definition) is 3. The first kappa shape index (κ1) is 8.56. The summed E-state index contributed by atoms with van der Waals surface area (Å²) in [4.78, 5) is 4.12. The molecule has 1 aromatic carbocycles. The Morgan fingerprint density at radius 3 is 3.00 bits per heavy atom. The van der Waals surface area contributed by atoms with Crippen molar-refractivity contribution in [3.63, 3.8) is 0 Å². The summed E-state index contributed by atoms with van der Waals surface area (Å²) in [6.07, 6.45) is 0. The van der Waals surface area contributed by atoms with Crippen molar-refractivity contribution >= 4 is 21.8 Å². The Morgan fingerprint density at radius 2 is 2.31 bits per heavy atom. The molecular weight excluding hydrogens is 234 g/mol. The topological polar surface area (TPSA) is 41.8 Å². The van der Waals surface area contributed by atoms with Gasteiger partial charge in [-0.1, -0.05) is 15.9 Å². The maximum absolute atomic E-state index is 9.51. The van der Waals surface area contributed by atoms with Crippen LogP contribution < -0.4 is 0 Å². The summed E-state index contributed by atoms with van der Waals surface area (Å²) in [5, 5.41) is 9.51. The molecule has 0 bridgehead atoms. The molecule has 0 atom stereocenters. The summed E-state index contributed by atoms with van der Waals surface area (Å²) in [7, 11) is 0. The minimum atomic E-state index is 0.198. The van der Waals surface area contributed by atoms with Gasteiger partial charge in [-0.2, -0.15) is 0 Å². The summed E-state index contributed by atoms with van der Waals surface area (Å²) in [5.74, 6) is 0.725. The van der Waals surface area contributed by atoms with E-state index in [0.717, 1.165) is 4.47 Å². The molecular formula is C9H8BrNO2. The molecule has 0 saturated heterocycles. The molecule has 1 aliphatic heterocycles. The fourth-order valence-corrected chi connectivity index (χ4v) is 1.54. The average Bonchev–Trinajstić information content (AvgIpc) is 2.61. The van der Waals surface area contributed by atoms with E-state index in [4.69, 9.17) is 4.74 Å². The first-order valence-corrected chi connectivity index (χ1v) is 4.73. The standard InChI is InChI=1S/C9H8BrNO2/c10-6-1-2-8(12)7(5-6)9-11-3-4-13-9/h1-2,5,12H,3-4H2. The molecule has 13 heavy (non-hydrogen) atoms. The molecule has 1 aromatic rings. The van der Waals surface area contributed by atoms with Crippen molar-refractivity contribution in [1.82, 2.24) is 0 Å².